The minimum Gasteiger partial charge on any atom is -0.461 e. The third kappa shape index (κ3) is 5.73. The Morgan fingerprint density at radius 3 is 1.97 bits per heavy atom. The van der Waals surface area contributed by atoms with Crippen LogP contribution in [0.15, 0.2) is 83.0 Å². The summed E-state index contributed by atoms with van der Waals surface area (Å²) in [6, 6.07) is 19.2. The van der Waals surface area contributed by atoms with Gasteiger partial charge in [-0.05, 0) is 38.1 Å². The molecule has 3 aromatic carbocycles. The van der Waals surface area contributed by atoms with Crippen LogP contribution in [0.2, 0.25) is 0 Å². The summed E-state index contributed by atoms with van der Waals surface area (Å²) in [6.45, 7) is 3.78. The summed E-state index contributed by atoms with van der Waals surface area (Å²) in [5, 5.41) is 27.7. The van der Waals surface area contributed by atoms with E-state index in [-0.39, 0.29) is 17.1 Å². The normalized spacial score (nSPS) is 16.9. The highest BCUT2D eigenvalue weighted by atomic mass is 16.6. The minimum atomic E-state index is -1.08. The van der Waals surface area contributed by atoms with Crippen LogP contribution in [-0.2, 0) is 4.74 Å². The molecule has 1 aliphatic rings. The van der Waals surface area contributed by atoms with Gasteiger partial charge in [0.05, 0.1) is 4.92 Å². The Bertz CT molecular complexity index is 1450. The zero-order valence-corrected chi connectivity index (χ0v) is 19.9. The molecule has 3 aromatic rings. The molecule has 0 bridgehead atoms. The number of aryl methyl sites for hydroxylation is 2. The van der Waals surface area contributed by atoms with Gasteiger partial charge in [0.1, 0.15) is 5.71 Å². The summed E-state index contributed by atoms with van der Waals surface area (Å²) in [7, 11) is 0. The van der Waals surface area contributed by atoms with Crippen molar-refractivity contribution in [3.8, 4) is 0 Å². The minimum absolute atomic E-state index is 0.00448. The second-order valence-corrected chi connectivity index (χ2v) is 8.25. The Morgan fingerprint density at radius 1 is 0.892 bits per heavy atom. The molecule has 1 atom stereocenters. The summed E-state index contributed by atoms with van der Waals surface area (Å²) in [4.78, 5) is 35.9. The fourth-order valence-corrected chi connectivity index (χ4v) is 3.47. The Balaban J connectivity index is 1.67. The summed E-state index contributed by atoms with van der Waals surface area (Å²) >= 11 is 0. The second-order valence-electron chi connectivity index (χ2n) is 8.25. The molecule has 1 fully saturated rings. The van der Waals surface area contributed by atoms with Gasteiger partial charge in [-0.25, -0.2) is 10.9 Å². The first-order chi connectivity index (χ1) is 17.7. The highest BCUT2D eigenvalue weighted by molar-refractivity contribution is 6.69. The molecule has 37 heavy (non-hydrogen) atoms. The number of carbonyl (C=O) groups excluding carboxylic acids is 2. The summed E-state index contributed by atoms with van der Waals surface area (Å²) in [5.74, 6) is -1.47. The van der Waals surface area contributed by atoms with Gasteiger partial charge in [-0.3, -0.25) is 25.1 Å². The van der Waals surface area contributed by atoms with Crippen molar-refractivity contribution in [3.63, 3.8) is 0 Å². The lowest BCUT2D eigenvalue weighted by molar-refractivity contribution is -0.384. The number of nitro benzene ring substituents is 1. The Morgan fingerprint density at radius 2 is 1.43 bits per heavy atom. The summed E-state index contributed by atoms with van der Waals surface area (Å²) < 4.78 is 5.61. The molecular weight excluding hydrogens is 476 g/mol. The fraction of sp³-hybridized carbons (Fsp3) is 0.115. The van der Waals surface area contributed by atoms with Crippen LogP contribution in [0.5, 0.6) is 0 Å². The Hall–Kier alpha value is -5.19. The predicted molar refractivity (Wildman–Crippen MR) is 137 cm³/mol. The van der Waals surface area contributed by atoms with Gasteiger partial charge in [0.15, 0.2) is 11.8 Å². The topological polar surface area (TPSA) is 159 Å². The standard InChI is InChI=1S/C26H22N6O5/c1-15-6-10-17(11-7-15)25(33)30-28-21-22(29-31-26(34)18-12-8-16(2)9-13-18)24(27)37-23(21)19-4-3-5-20(14-19)32(35)36/h3-14,23,27H,1-2H3,(H,30,33)(H,31,34)/b27-24?,28-21+,29-22+/t23-/m1/s1. The van der Waals surface area contributed by atoms with Gasteiger partial charge in [0.25, 0.3) is 17.5 Å². The fourth-order valence-electron chi connectivity index (χ4n) is 3.47. The number of hydrogen-bond donors (Lipinski definition) is 3. The molecule has 1 heterocycles. The van der Waals surface area contributed by atoms with Crippen molar-refractivity contribution in [2.45, 2.75) is 20.0 Å². The van der Waals surface area contributed by atoms with Crippen molar-refractivity contribution in [2.24, 2.45) is 10.2 Å². The molecule has 0 radical (unpaired) electrons. The zero-order valence-electron chi connectivity index (χ0n) is 19.9. The van der Waals surface area contributed by atoms with Crippen LogP contribution in [0, 0.1) is 29.4 Å². The van der Waals surface area contributed by atoms with Crippen molar-refractivity contribution in [2.75, 3.05) is 0 Å². The maximum atomic E-state index is 12.7. The van der Waals surface area contributed by atoms with E-state index < -0.39 is 28.7 Å². The van der Waals surface area contributed by atoms with Gasteiger partial charge in [-0.15, -0.1) is 0 Å². The number of carbonyl (C=O) groups is 2. The van der Waals surface area contributed by atoms with Crippen LogP contribution < -0.4 is 10.9 Å². The summed E-state index contributed by atoms with van der Waals surface area (Å²) in [5.41, 5.74) is 7.44. The molecule has 11 heteroatoms. The number of nitrogens with one attached hydrogen (secondary N) is 3. The van der Waals surface area contributed by atoms with Gasteiger partial charge in [-0.2, -0.15) is 10.2 Å². The molecule has 4 rings (SSSR count). The van der Waals surface area contributed by atoms with Crippen molar-refractivity contribution in [1.29, 1.82) is 5.41 Å². The van der Waals surface area contributed by atoms with E-state index in [1.54, 1.807) is 54.6 Å². The van der Waals surface area contributed by atoms with Crippen LogP contribution in [0.4, 0.5) is 5.69 Å². The molecule has 0 unspecified atom stereocenters. The van der Waals surface area contributed by atoms with E-state index in [4.69, 9.17) is 10.1 Å². The number of rotatable bonds is 6. The van der Waals surface area contributed by atoms with Gasteiger partial charge in [0, 0.05) is 28.8 Å². The number of hydrogen-bond acceptors (Lipinski definition) is 8. The largest absolute Gasteiger partial charge is 0.461 e. The molecule has 3 N–H and O–H groups in total. The summed E-state index contributed by atoms with van der Waals surface area (Å²) in [6.07, 6.45) is -1.08. The van der Waals surface area contributed by atoms with Crippen LogP contribution >= 0.6 is 0 Å². The smallest absolute Gasteiger partial charge is 0.271 e. The van der Waals surface area contributed by atoms with Gasteiger partial charge >= 0.3 is 0 Å². The van der Waals surface area contributed by atoms with Gasteiger partial charge < -0.3 is 4.74 Å². The number of non-ortho nitro benzene ring substituents is 1. The van der Waals surface area contributed by atoms with Crippen molar-refractivity contribution in [1.82, 2.24) is 10.9 Å². The van der Waals surface area contributed by atoms with Crippen LogP contribution in [0.25, 0.3) is 0 Å². The molecule has 0 saturated carbocycles. The average molecular weight is 498 g/mol. The number of nitrogens with zero attached hydrogens (tertiary/aromatic N) is 3. The molecule has 1 saturated heterocycles. The Labute approximate surface area is 211 Å². The number of amides is 2. The zero-order chi connectivity index (χ0) is 26.5. The van der Waals surface area contributed by atoms with Crippen molar-refractivity contribution in [3.05, 3.63) is 111 Å². The van der Waals surface area contributed by atoms with Crippen molar-refractivity contribution >= 4 is 34.8 Å². The molecule has 0 aliphatic carbocycles. The monoisotopic (exact) mass is 498 g/mol. The maximum absolute atomic E-state index is 12.7. The van der Waals surface area contributed by atoms with E-state index in [0.717, 1.165) is 11.1 Å². The molecule has 0 aromatic heterocycles. The van der Waals surface area contributed by atoms with Gasteiger partial charge in [-0.1, -0.05) is 47.5 Å². The molecule has 11 nitrogen and oxygen atoms in total. The third-order valence-electron chi connectivity index (χ3n) is 5.50. The molecule has 0 spiro atoms. The number of hydrazone groups is 2. The van der Waals surface area contributed by atoms with E-state index in [9.17, 15) is 19.7 Å². The lowest BCUT2D eigenvalue weighted by Crippen LogP contribution is -2.28. The van der Waals surface area contributed by atoms with Crippen LogP contribution in [0.1, 0.15) is 43.5 Å². The first-order valence-corrected chi connectivity index (χ1v) is 11.1. The second kappa shape index (κ2) is 10.6. The first-order valence-electron chi connectivity index (χ1n) is 11.1. The van der Waals surface area contributed by atoms with E-state index in [1.807, 2.05) is 13.8 Å². The molecule has 186 valence electrons. The average Bonchev–Trinajstić information content (AvgIpc) is 3.21. The highest BCUT2D eigenvalue weighted by Gasteiger charge is 2.38. The molecule has 1 aliphatic heterocycles. The first kappa shape index (κ1) is 24.9. The number of ether oxygens (including phenoxy) is 1. The van der Waals surface area contributed by atoms with E-state index in [0.29, 0.717) is 16.7 Å². The SMILES string of the molecule is Cc1ccc(C(=O)N/N=C2/C(=N)O[C@H](c3cccc([N+](=O)[O-])c3)/C2=N/NC(=O)c2ccc(C)cc2)cc1. The van der Waals surface area contributed by atoms with Gasteiger partial charge in [0.2, 0.25) is 5.90 Å². The van der Waals surface area contributed by atoms with E-state index >= 15 is 0 Å². The molecule has 2 amide bonds. The predicted octanol–water partition coefficient (Wildman–Crippen LogP) is 3.83. The Kier molecular flexibility index (Phi) is 7.14. The highest BCUT2D eigenvalue weighted by Crippen LogP contribution is 2.29. The lowest BCUT2D eigenvalue weighted by Gasteiger charge is -2.10. The van der Waals surface area contributed by atoms with Crippen LogP contribution in [-0.4, -0.2) is 34.1 Å². The van der Waals surface area contributed by atoms with E-state index in [2.05, 4.69) is 21.1 Å². The number of benzene rings is 3. The van der Waals surface area contributed by atoms with Crippen molar-refractivity contribution < 1.29 is 19.2 Å². The maximum Gasteiger partial charge on any atom is 0.271 e. The number of nitro groups is 1. The quantitative estimate of drug-likeness (QED) is 0.347. The lowest BCUT2D eigenvalue weighted by atomic mass is 10.0. The molecular formula is C26H22N6O5. The van der Waals surface area contributed by atoms with E-state index in [1.165, 1.54) is 18.2 Å². The van der Waals surface area contributed by atoms with Crippen LogP contribution in [0.3, 0.4) is 0 Å². The third-order valence-corrected chi connectivity index (χ3v) is 5.50.